The molecule has 3 rings (SSSR count). The molecule has 1 aromatic carbocycles. The van der Waals surface area contributed by atoms with Crippen molar-refractivity contribution in [2.24, 2.45) is 0 Å². The summed E-state index contributed by atoms with van der Waals surface area (Å²) in [5.74, 6) is -0.165. The fourth-order valence-corrected chi connectivity index (χ4v) is 2.46. The second-order valence-corrected chi connectivity index (χ2v) is 5.48. The number of tetrazole rings is 1. The lowest BCUT2D eigenvalue weighted by atomic mass is 10.1. The van der Waals surface area contributed by atoms with Gasteiger partial charge in [0.1, 0.15) is 0 Å². The van der Waals surface area contributed by atoms with Crippen molar-refractivity contribution in [3.63, 3.8) is 0 Å². The molecule has 0 aliphatic carbocycles. The first kappa shape index (κ1) is 15.8. The van der Waals surface area contributed by atoms with Gasteiger partial charge in [0.25, 0.3) is 11.9 Å². The van der Waals surface area contributed by atoms with Gasteiger partial charge in [0.2, 0.25) is 0 Å². The van der Waals surface area contributed by atoms with Crippen LogP contribution >= 0.6 is 0 Å². The first-order chi connectivity index (χ1) is 11.6. The number of nitrogens with zero attached hydrogens (tertiary/aromatic N) is 7. The van der Waals surface area contributed by atoms with Crippen LogP contribution in [0.1, 0.15) is 35.0 Å². The Balaban J connectivity index is 1.87. The Bertz CT molecular complexity index is 846. The molecule has 0 aliphatic rings. The monoisotopic (exact) mass is 326 g/mol. The van der Waals surface area contributed by atoms with E-state index in [1.165, 1.54) is 4.68 Å². The molecule has 9 nitrogen and oxygen atoms in total. The Hall–Kier alpha value is -3.10. The summed E-state index contributed by atoms with van der Waals surface area (Å²) in [6, 6.07) is 5.89. The van der Waals surface area contributed by atoms with Crippen molar-refractivity contribution in [1.29, 1.82) is 0 Å². The quantitative estimate of drug-likeness (QED) is 0.762. The standard InChI is InChI=1S/C15H18N8O/c1-4-8-22-9-12(17-20-22)14(24)16-15-18-19-21-23(15)13-10(2)6-5-7-11(13)3/h5-7,9H,4,8H2,1-3H3,(H,16,18,21,24). The van der Waals surface area contributed by atoms with Gasteiger partial charge in [0.05, 0.1) is 11.9 Å². The second-order valence-electron chi connectivity index (χ2n) is 5.48. The third-order valence-electron chi connectivity index (χ3n) is 3.57. The summed E-state index contributed by atoms with van der Waals surface area (Å²) in [6.45, 7) is 6.67. The largest absolute Gasteiger partial charge is 0.287 e. The van der Waals surface area contributed by atoms with Crippen LogP contribution in [0.3, 0.4) is 0 Å². The number of hydrogen-bond donors (Lipinski definition) is 1. The number of benzene rings is 1. The maximum absolute atomic E-state index is 12.3. The zero-order chi connectivity index (χ0) is 17.1. The Labute approximate surface area is 138 Å². The summed E-state index contributed by atoms with van der Waals surface area (Å²) < 4.78 is 3.14. The van der Waals surface area contributed by atoms with E-state index in [4.69, 9.17) is 0 Å². The first-order valence-corrected chi connectivity index (χ1v) is 7.66. The van der Waals surface area contributed by atoms with Gasteiger partial charge in [-0.1, -0.05) is 35.4 Å². The van der Waals surface area contributed by atoms with E-state index in [2.05, 4.69) is 31.2 Å². The van der Waals surface area contributed by atoms with Gasteiger partial charge in [-0.3, -0.25) is 14.8 Å². The molecule has 124 valence electrons. The van der Waals surface area contributed by atoms with Gasteiger partial charge in [-0.2, -0.15) is 4.68 Å². The van der Waals surface area contributed by atoms with Crippen LogP contribution < -0.4 is 5.32 Å². The van der Waals surface area contributed by atoms with E-state index in [1.807, 2.05) is 39.0 Å². The number of rotatable bonds is 5. The highest BCUT2D eigenvalue weighted by Gasteiger charge is 2.17. The summed E-state index contributed by atoms with van der Waals surface area (Å²) in [5, 5.41) is 22.0. The van der Waals surface area contributed by atoms with Crippen LogP contribution in [0.15, 0.2) is 24.4 Å². The van der Waals surface area contributed by atoms with E-state index >= 15 is 0 Å². The number of carbonyl (C=O) groups excluding carboxylic acids is 1. The Kier molecular flexibility index (Phi) is 4.32. The molecule has 0 spiro atoms. The first-order valence-electron chi connectivity index (χ1n) is 7.66. The summed E-state index contributed by atoms with van der Waals surface area (Å²) in [6.07, 6.45) is 2.52. The predicted octanol–water partition coefficient (Wildman–Crippen LogP) is 1.53. The van der Waals surface area contributed by atoms with E-state index in [1.54, 1.807) is 10.9 Å². The summed E-state index contributed by atoms with van der Waals surface area (Å²) >= 11 is 0. The molecule has 0 unspecified atom stereocenters. The average Bonchev–Trinajstić information content (AvgIpc) is 3.18. The fourth-order valence-electron chi connectivity index (χ4n) is 2.46. The van der Waals surface area contributed by atoms with Crippen LogP contribution in [-0.2, 0) is 6.54 Å². The normalized spacial score (nSPS) is 10.8. The molecule has 3 aromatic rings. The molecule has 0 bridgehead atoms. The number of anilines is 1. The van der Waals surface area contributed by atoms with Crippen molar-refractivity contribution < 1.29 is 4.79 Å². The zero-order valence-corrected chi connectivity index (χ0v) is 13.8. The number of aromatic nitrogens is 7. The number of carbonyl (C=O) groups is 1. The molecule has 0 atom stereocenters. The molecule has 2 heterocycles. The maximum atomic E-state index is 12.3. The van der Waals surface area contributed by atoms with Crippen molar-refractivity contribution in [1.82, 2.24) is 35.2 Å². The van der Waals surface area contributed by atoms with Crippen LogP contribution in [0.2, 0.25) is 0 Å². The minimum atomic E-state index is -0.403. The van der Waals surface area contributed by atoms with Crippen LogP contribution in [0.5, 0.6) is 0 Å². The van der Waals surface area contributed by atoms with E-state index in [-0.39, 0.29) is 11.6 Å². The molecule has 0 fully saturated rings. The van der Waals surface area contributed by atoms with E-state index in [0.717, 1.165) is 23.2 Å². The predicted molar refractivity (Wildman–Crippen MR) is 86.9 cm³/mol. The van der Waals surface area contributed by atoms with Gasteiger partial charge in [-0.05, 0) is 41.8 Å². The number of amides is 1. The molecule has 0 saturated carbocycles. The molecule has 1 amide bonds. The molecular weight excluding hydrogens is 308 g/mol. The minimum absolute atomic E-state index is 0.222. The molecule has 0 radical (unpaired) electrons. The van der Waals surface area contributed by atoms with Gasteiger partial charge in [-0.15, -0.1) is 5.10 Å². The van der Waals surface area contributed by atoms with E-state index < -0.39 is 5.91 Å². The molecule has 24 heavy (non-hydrogen) atoms. The zero-order valence-electron chi connectivity index (χ0n) is 13.8. The molecule has 0 saturated heterocycles. The van der Waals surface area contributed by atoms with Crippen molar-refractivity contribution in [2.45, 2.75) is 33.7 Å². The second kappa shape index (κ2) is 6.57. The van der Waals surface area contributed by atoms with E-state index in [9.17, 15) is 4.79 Å². The lowest BCUT2D eigenvalue weighted by Gasteiger charge is -2.10. The summed E-state index contributed by atoms with van der Waals surface area (Å²) in [7, 11) is 0. The highest BCUT2D eigenvalue weighted by atomic mass is 16.2. The smallest absolute Gasteiger partial charge is 0.280 e. The highest BCUT2D eigenvalue weighted by molar-refractivity contribution is 6.01. The van der Waals surface area contributed by atoms with Gasteiger partial charge in [0.15, 0.2) is 5.69 Å². The lowest BCUT2D eigenvalue weighted by Crippen LogP contribution is -2.17. The Morgan fingerprint density at radius 2 is 1.92 bits per heavy atom. The topological polar surface area (TPSA) is 103 Å². The number of aryl methyl sites for hydroxylation is 3. The number of nitrogens with one attached hydrogen (secondary N) is 1. The van der Waals surface area contributed by atoms with Crippen LogP contribution in [-0.4, -0.2) is 41.1 Å². The number of para-hydroxylation sites is 1. The molecule has 0 aliphatic heterocycles. The Morgan fingerprint density at radius 3 is 2.62 bits per heavy atom. The van der Waals surface area contributed by atoms with Gasteiger partial charge >= 0.3 is 0 Å². The fraction of sp³-hybridized carbons (Fsp3) is 0.333. The van der Waals surface area contributed by atoms with E-state index in [0.29, 0.717) is 6.54 Å². The SMILES string of the molecule is CCCn1cc(C(=O)Nc2nnnn2-c2c(C)cccc2C)nn1. The van der Waals surface area contributed by atoms with Gasteiger partial charge in [-0.25, -0.2) is 0 Å². The van der Waals surface area contributed by atoms with Crippen molar-refractivity contribution in [3.8, 4) is 5.69 Å². The van der Waals surface area contributed by atoms with Crippen LogP contribution in [0, 0.1) is 13.8 Å². The van der Waals surface area contributed by atoms with Gasteiger partial charge < -0.3 is 0 Å². The summed E-state index contributed by atoms with van der Waals surface area (Å²) in [5.41, 5.74) is 3.07. The third kappa shape index (κ3) is 3.00. The minimum Gasteiger partial charge on any atom is -0.287 e. The lowest BCUT2D eigenvalue weighted by molar-refractivity contribution is 0.102. The molecule has 9 heteroatoms. The highest BCUT2D eigenvalue weighted by Crippen LogP contribution is 2.20. The van der Waals surface area contributed by atoms with Crippen molar-refractivity contribution in [2.75, 3.05) is 5.32 Å². The Morgan fingerprint density at radius 1 is 1.17 bits per heavy atom. The van der Waals surface area contributed by atoms with Crippen molar-refractivity contribution >= 4 is 11.9 Å². The molecule has 1 N–H and O–H groups in total. The maximum Gasteiger partial charge on any atom is 0.280 e. The van der Waals surface area contributed by atoms with Crippen LogP contribution in [0.25, 0.3) is 5.69 Å². The molecule has 2 aromatic heterocycles. The van der Waals surface area contributed by atoms with Crippen LogP contribution in [0.4, 0.5) is 5.95 Å². The third-order valence-corrected chi connectivity index (χ3v) is 3.57. The number of hydrogen-bond acceptors (Lipinski definition) is 6. The van der Waals surface area contributed by atoms with Crippen molar-refractivity contribution in [3.05, 3.63) is 41.2 Å². The molecular formula is C15H18N8O. The summed E-state index contributed by atoms with van der Waals surface area (Å²) in [4.78, 5) is 12.3. The van der Waals surface area contributed by atoms with Gasteiger partial charge in [0, 0.05) is 6.54 Å². The average molecular weight is 326 g/mol.